The van der Waals surface area contributed by atoms with E-state index in [1.165, 1.54) is 4.90 Å². The van der Waals surface area contributed by atoms with Crippen LogP contribution in [0.25, 0.3) is 0 Å². The molecule has 0 aromatic heterocycles. The Kier molecular flexibility index (Phi) is 4.34. The Balaban J connectivity index is 1.94. The van der Waals surface area contributed by atoms with Gasteiger partial charge in [-0.05, 0) is 38.8 Å². The SMILES string of the molecule is CC[C@H](C)N1C(=O)[C@@H]2[C@H]([C@H](C)O)N[C@@]3(C(=O)Nc4c(Cl)cc(C)cc43)[C@@H]2C1=O. The van der Waals surface area contributed by atoms with Crippen molar-refractivity contribution in [2.75, 3.05) is 5.32 Å². The van der Waals surface area contributed by atoms with Gasteiger partial charge in [0.1, 0.15) is 5.54 Å². The first-order valence-corrected chi connectivity index (χ1v) is 9.97. The van der Waals surface area contributed by atoms with E-state index in [9.17, 15) is 19.5 Å². The lowest BCUT2D eigenvalue weighted by molar-refractivity contribution is -0.145. The van der Waals surface area contributed by atoms with Gasteiger partial charge in [-0.25, -0.2) is 0 Å². The molecule has 0 saturated carbocycles. The number of halogens is 1. The van der Waals surface area contributed by atoms with E-state index >= 15 is 0 Å². The van der Waals surface area contributed by atoms with Crippen molar-refractivity contribution in [1.82, 2.24) is 10.2 Å². The maximum atomic E-state index is 13.4. The second-order valence-corrected chi connectivity index (χ2v) is 8.56. The number of imide groups is 1. The minimum atomic E-state index is -1.42. The molecule has 2 saturated heterocycles. The van der Waals surface area contributed by atoms with E-state index in [0.717, 1.165) is 5.56 Å². The molecule has 28 heavy (non-hydrogen) atoms. The summed E-state index contributed by atoms with van der Waals surface area (Å²) in [6, 6.07) is 2.57. The smallest absolute Gasteiger partial charge is 0.250 e. The molecule has 150 valence electrons. The minimum Gasteiger partial charge on any atom is -0.392 e. The molecule has 2 fully saturated rings. The van der Waals surface area contributed by atoms with Crippen molar-refractivity contribution in [2.24, 2.45) is 11.8 Å². The summed E-state index contributed by atoms with van der Waals surface area (Å²) in [6.07, 6.45) is -0.303. The molecule has 3 aliphatic rings. The molecule has 3 heterocycles. The Bertz CT molecular complexity index is 902. The Morgan fingerprint density at radius 1 is 1.25 bits per heavy atom. The largest absolute Gasteiger partial charge is 0.392 e. The summed E-state index contributed by atoms with van der Waals surface area (Å²) < 4.78 is 0. The van der Waals surface area contributed by atoms with E-state index in [1.54, 1.807) is 13.0 Å². The number of likely N-dealkylation sites (tertiary alicyclic amines) is 1. The molecule has 1 aromatic rings. The average Bonchev–Trinajstić information content (AvgIpc) is 3.21. The lowest BCUT2D eigenvalue weighted by Gasteiger charge is -2.31. The highest BCUT2D eigenvalue weighted by Crippen LogP contribution is 2.55. The van der Waals surface area contributed by atoms with Crippen LogP contribution in [0.1, 0.15) is 38.3 Å². The number of fused-ring (bicyclic) bond motifs is 4. The number of anilines is 1. The van der Waals surface area contributed by atoms with Crippen molar-refractivity contribution in [1.29, 1.82) is 0 Å². The van der Waals surface area contributed by atoms with E-state index in [4.69, 9.17) is 11.6 Å². The summed E-state index contributed by atoms with van der Waals surface area (Å²) in [5, 5.41) is 16.7. The molecule has 4 rings (SSSR count). The van der Waals surface area contributed by atoms with Crippen LogP contribution in [0.2, 0.25) is 5.02 Å². The van der Waals surface area contributed by atoms with Gasteiger partial charge in [-0.2, -0.15) is 0 Å². The number of nitrogens with one attached hydrogen (secondary N) is 2. The molecule has 8 heteroatoms. The molecule has 0 aliphatic carbocycles. The number of hydrogen-bond donors (Lipinski definition) is 3. The number of amides is 3. The summed E-state index contributed by atoms with van der Waals surface area (Å²) in [6.45, 7) is 7.14. The molecule has 0 radical (unpaired) electrons. The number of aliphatic hydroxyl groups is 1. The molecule has 1 spiro atoms. The fraction of sp³-hybridized carbons (Fsp3) is 0.550. The number of carbonyl (C=O) groups excluding carboxylic acids is 3. The minimum absolute atomic E-state index is 0.276. The summed E-state index contributed by atoms with van der Waals surface area (Å²) in [5.41, 5.74) is 0.436. The van der Waals surface area contributed by atoms with Crippen molar-refractivity contribution < 1.29 is 19.5 Å². The summed E-state index contributed by atoms with van der Waals surface area (Å²) >= 11 is 6.36. The zero-order valence-corrected chi connectivity index (χ0v) is 17.0. The monoisotopic (exact) mass is 405 g/mol. The predicted molar refractivity (Wildman–Crippen MR) is 104 cm³/mol. The first-order chi connectivity index (χ1) is 13.1. The van der Waals surface area contributed by atoms with Crippen LogP contribution in [0.15, 0.2) is 12.1 Å². The highest BCUT2D eigenvalue weighted by molar-refractivity contribution is 6.35. The van der Waals surface area contributed by atoms with Crippen LogP contribution >= 0.6 is 11.6 Å². The zero-order valence-electron chi connectivity index (χ0n) is 16.2. The number of rotatable bonds is 3. The average molecular weight is 406 g/mol. The Morgan fingerprint density at radius 3 is 2.54 bits per heavy atom. The molecule has 1 aromatic carbocycles. The Hall–Kier alpha value is -1.96. The number of aryl methyl sites for hydroxylation is 1. The van der Waals surface area contributed by atoms with Crippen molar-refractivity contribution in [2.45, 2.75) is 57.8 Å². The lowest BCUT2D eigenvalue weighted by Crippen LogP contribution is -2.55. The molecular weight excluding hydrogens is 382 g/mol. The first kappa shape index (κ1) is 19.4. The Labute approximate surface area is 168 Å². The van der Waals surface area contributed by atoms with Gasteiger partial charge in [0, 0.05) is 17.6 Å². The molecule has 3 amide bonds. The van der Waals surface area contributed by atoms with Crippen molar-refractivity contribution >= 4 is 35.0 Å². The lowest BCUT2D eigenvalue weighted by atomic mass is 9.76. The summed E-state index contributed by atoms with van der Waals surface area (Å²) in [5.74, 6) is -2.86. The number of carbonyl (C=O) groups is 3. The van der Waals surface area contributed by atoms with Gasteiger partial charge in [0.2, 0.25) is 17.7 Å². The maximum Gasteiger partial charge on any atom is 0.250 e. The van der Waals surface area contributed by atoms with Crippen LogP contribution in [-0.2, 0) is 19.9 Å². The fourth-order valence-electron chi connectivity index (χ4n) is 4.98. The van der Waals surface area contributed by atoms with Crippen molar-refractivity contribution in [3.05, 3.63) is 28.3 Å². The summed E-state index contributed by atoms with van der Waals surface area (Å²) in [4.78, 5) is 41.1. The summed E-state index contributed by atoms with van der Waals surface area (Å²) in [7, 11) is 0. The number of benzene rings is 1. The highest BCUT2D eigenvalue weighted by Gasteiger charge is 2.71. The van der Waals surface area contributed by atoms with E-state index < -0.39 is 35.4 Å². The standard InChI is InChI=1S/C20H24ClN3O4/c1-5-9(3)24-17(26)13-14(18(24)27)20(23-15(13)10(4)25)11-6-8(2)7-12(21)16(11)22-19(20)28/h6-7,9-10,13-15,23,25H,5H2,1-4H3,(H,22,28)/t9-,10-,13-,14-,15-,20+/m0/s1. The second-order valence-electron chi connectivity index (χ2n) is 8.15. The molecule has 3 N–H and O–H groups in total. The number of nitrogens with zero attached hydrogens (tertiary/aromatic N) is 1. The molecule has 0 bridgehead atoms. The van der Waals surface area contributed by atoms with Gasteiger partial charge in [-0.3, -0.25) is 24.6 Å². The quantitative estimate of drug-likeness (QED) is 0.663. The van der Waals surface area contributed by atoms with Gasteiger partial charge in [-0.1, -0.05) is 24.6 Å². The predicted octanol–water partition coefficient (Wildman–Crippen LogP) is 1.55. The third-order valence-electron chi connectivity index (χ3n) is 6.44. The topological polar surface area (TPSA) is 98.7 Å². The fourth-order valence-corrected chi connectivity index (χ4v) is 5.30. The van der Waals surface area contributed by atoms with Crippen LogP contribution in [0.4, 0.5) is 5.69 Å². The third-order valence-corrected chi connectivity index (χ3v) is 6.74. The van der Waals surface area contributed by atoms with E-state index in [-0.39, 0.29) is 17.9 Å². The van der Waals surface area contributed by atoms with Crippen molar-refractivity contribution in [3.8, 4) is 0 Å². The van der Waals surface area contributed by atoms with E-state index in [1.807, 2.05) is 26.8 Å². The van der Waals surface area contributed by atoms with Gasteiger partial charge in [0.05, 0.1) is 28.6 Å². The van der Waals surface area contributed by atoms with Gasteiger partial charge < -0.3 is 10.4 Å². The van der Waals surface area contributed by atoms with Gasteiger partial charge in [0.25, 0.3) is 0 Å². The number of aliphatic hydroxyl groups excluding tert-OH is 1. The van der Waals surface area contributed by atoms with Crippen LogP contribution in [0.5, 0.6) is 0 Å². The highest BCUT2D eigenvalue weighted by atomic mass is 35.5. The van der Waals surface area contributed by atoms with E-state index in [2.05, 4.69) is 10.6 Å². The molecule has 6 atom stereocenters. The van der Waals surface area contributed by atoms with Gasteiger partial charge >= 0.3 is 0 Å². The number of hydrogen-bond acceptors (Lipinski definition) is 5. The van der Waals surface area contributed by atoms with Gasteiger partial charge in [-0.15, -0.1) is 0 Å². The molecule has 7 nitrogen and oxygen atoms in total. The van der Waals surface area contributed by atoms with Crippen LogP contribution in [-0.4, -0.2) is 45.9 Å². The van der Waals surface area contributed by atoms with E-state index in [0.29, 0.717) is 22.7 Å². The maximum absolute atomic E-state index is 13.4. The van der Waals surface area contributed by atoms with Crippen LogP contribution in [0.3, 0.4) is 0 Å². The second kappa shape index (κ2) is 6.27. The molecule has 3 aliphatic heterocycles. The third kappa shape index (κ3) is 2.27. The Morgan fingerprint density at radius 2 is 1.93 bits per heavy atom. The van der Waals surface area contributed by atoms with Crippen LogP contribution < -0.4 is 10.6 Å². The molecular formula is C20H24ClN3O4. The van der Waals surface area contributed by atoms with Gasteiger partial charge in [0.15, 0.2) is 0 Å². The molecule has 0 unspecified atom stereocenters. The van der Waals surface area contributed by atoms with Crippen molar-refractivity contribution in [3.63, 3.8) is 0 Å². The van der Waals surface area contributed by atoms with Crippen LogP contribution in [0, 0.1) is 18.8 Å². The first-order valence-electron chi connectivity index (χ1n) is 9.59. The zero-order chi connectivity index (χ0) is 20.5. The normalized spacial score (nSPS) is 33.3.